The van der Waals surface area contributed by atoms with Gasteiger partial charge in [0.1, 0.15) is 0 Å². The van der Waals surface area contributed by atoms with E-state index in [2.05, 4.69) is 155 Å². The number of aromatic nitrogens is 2. The third kappa shape index (κ3) is 3.08. The fourth-order valence-electron chi connectivity index (χ4n) is 7.89. The molecule has 11 aromatic rings. The van der Waals surface area contributed by atoms with E-state index in [1.807, 2.05) is 11.3 Å². The van der Waals surface area contributed by atoms with Crippen LogP contribution in [0, 0.1) is 0 Å². The Labute approximate surface area is 261 Å². The van der Waals surface area contributed by atoms with Gasteiger partial charge < -0.3 is 8.97 Å². The quantitative estimate of drug-likeness (QED) is 0.190. The number of thiophene rings is 1. The zero-order valence-electron chi connectivity index (χ0n) is 24.2. The fourth-order valence-corrected chi connectivity index (χ4v) is 8.98. The lowest BCUT2D eigenvalue weighted by Crippen LogP contribution is -1.93. The van der Waals surface area contributed by atoms with Gasteiger partial charge in [-0.25, -0.2) is 0 Å². The molecule has 2 nitrogen and oxygen atoms in total. The molecular formula is C42H24N2S. The highest BCUT2D eigenvalue weighted by Crippen LogP contribution is 2.42. The summed E-state index contributed by atoms with van der Waals surface area (Å²) in [5.41, 5.74) is 9.97. The van der Waals surface area contributed by atoms with Gasteiger partial charge in [-0.15, -0.1) is 11.3 Å². The van der Waals surface area contributed by atoms with Crippen molar-refractivity contribution in [3.05, 3.63) is 146 Å². The molecule has 0 N–H and O–H groups in total. The van der Waals surface area contributed by atoms with Crippen molar-refractivity contribution in [2.24, 2.45) is 0 Å². The van der Waals surface area contributed by atoms with Gasteiger partial charge in [-0.3, -0.25) is 0 Å². The summed E-state index contributed by atoms with van der Waals surface area (Å²) < 4.78 is 7.56. The van der Waals surface area contributed by atoms with E-state index in [1.165, 1.54) is 96.9 Å². The first-order valence-electron chi connectivity index (χ1n) is 15.4. The van der Waals surface area contributed by atoms with E-state index in [4.69, 9.17) is 0 Å². The lowest BCUT2D eigenvalue weighted by molar-refractivity contribution is 1.19. The predicted molar refractivity (Wildman–Crippen MR) is 194 cm³/mol. The summed E-state index contributed by atoms with van der Waals surface area (Å²) in [5, 5.41) is 10.5. The van der Waals surface area contributed by atoms with Crippen LogP contribution in [0.15, 0.2) is 146 Å². The Hall–Kier alpha value is -5.64. The predicted octanol–water partition coefficient (Wildman–Crippen LogP) is 12.0. The van der Waals surface area contributed by atoms with Crippen LogP contribution in [-0.2, 0) is 0 Å². The zero-order valence-corrected chi connectivity index (χ0v) is 25.0. The summed E-state index contributed by atoms with van der Waals surface area (Å²) in [6.45, 7) is 0. The maximum Gasteiger partial charge on any atom is 0.0620 e. The highest BCUT2D eigenvalue weighted by Gasteiger charge is 2.18. The van der Waals surface area contributed by atoms with Crippen LogP contribution in [0.5, 0.6) is 0 Å². The molecule has 0 unspecified atom stereocenters. The smallest absolute Gasteiger partial charge is 0.0620 e. The molecule has 0 radical (unpaired) electrons. The van der Waals surface area contributed by atoms with Gasteiger partial charge in [-0.2, -0.15) is 0 Å². The van der Waals surface area contributed by atoms with Gasteiger partial charge in [0.15, 0.2) is 0 Å². The first kappa shape index (κ1) is 23.8. The van der Waals surface area contributed by atoms with E-state index >= 15 is 0 Å². The monoisotopic (exact) mass is 588 g/mol. The van der Waals surface area contributed by atoms with Gasteiger partial charge in [-0.1, -0.05) is 91.0 Å². The van der Waals surface area contributed by atoms with Crippen LogP contribution in [0.2, 0.25) is 0 Å². The van der Waals surface area contributed by atoms with Gasteiger partial charge in [0.05, 0.1) is 27.6 Å². The molecule has 11 rings (SSSR count). The molecule has 0 saturated carbocycles. The van der Waals surface area contributed by atoms with Crippen molar-refractivity contribution in [2.75, 3.05) is 0 Å². The topological polar surface area (TPSA) is 9.34 Å². The SMILES string of the molecule is c1ccc2c(c1)sc1ccc(-n3c4ccccc4c4cc(-c5ccc6c7cccc8c9ccccc9n(c6c5)c87)ccc43)cc12. The molecule has 0 fully saturated rings. The molecule has 0 spiro atoms. The van der Waals surface area contributed by atoms with Gasteiger partial charge in [-0.05, 0) is 65.7 Å². The number of rotatable bonds is 2. The zero-order chi connectivity index (χ0) is 29.2. The van der Waals surface area contributed by atoms with Crippen LogP contribution >= 0.6 is 11.3 Å². The van der Waals surface area contributed by atoms with E-state index < -0.39 is 0 Å². The third-order valence-electron chi connectivity index (χ3n) is 9.85. The van der Waals surface area contributed by atoms with E-state index in [1.54, 1.807) is 0 Å². The number of hydrogen-bond acceptors (Lipinski definition) is 1. The van der Waals surface area contributed by atoms with Gasteiger partial charge in [0.25, 0.3) is 0 Å². The van der Waals surface area contributed by atoms with Crippen LogP contribution in [0.3, 0.4) is 0 Å². The molecule has 45 heavy (non-hydrogen) atoms. The maximum absolute atomic E-state index is 2.47. The molecule has 0 aliphatic carbocycles. The summed E-state index contributed by atoms with van der Waals surface area (Å²) in [7, 11) is 0. The van der Waals surface area contributed by atoms with Gasteiger partial charge >= 0.3 is 0 Å². The van der Waals surface area contributed by atoms with Crippen LogP contribution in [0.1, 0.15) is 0 Å². The molecule has 0 bridgehead atoms. The minimum absolute atomic E-state index is 1.20. The third-order valence-corrected chi connectivity index (χ3v) is 11.0. The molecule has 3 heteroatoms. The number of nitrogens with zero attached hydrogens (tertiary/aromatic N) is 2. The van der Waals surface area contributed by atoms with E-state index in [0.29, 0.717) is 0 Å². The summed E-state index contributed by atoms with van der Waals surface area (Å²) in [6, 6.07) is 54.0. The first-order valence-corrected chi connectivity index (χ1v) is 16.3. The van der Waals surface area contributed by atoms with Crippen LogP contribution in [0.25, 0.3) is 96.9 Å². The van der Waals surface area contributed by atoms with Crippen LogP contribution < -0.4 is 0 Å². The lowest BCUT2D eigenvalue weighted by Gasteiger charge is -2.09. The average molecular weight is 589 g/mol. The van der Waals surface area contributed by atoms with Crippen molar-refractivity contribution in [1.82, 2.24) is 8.97 Å². The highest BCUT2D eigenvalue weighted by molar-refractivity contribution is 7.25. The normalized spacial score (nSPS) is 12.4. The average Bonchev–Trinajstić information content (AvgIpc) is 3.83. The Balaban J connectivity index is 1.15. The van der Waals surface area contributed by atoms with Crippen molar-refractivity contribution in [1.29, 1.82) is 0 Å². The molecule has 0 atom stereocenters. The number of hydrogen-bond donors (Lipinski definition) is 0. The van der Waals surface area contributed by atoms with E-state index in [9.17, 15) is 0 Å². The molecule has 0 aliphatic rings. The molecule has 4 heterocycles. The second kappa shape index (κ2) is 8.50. The molecule has 7 aromatic carbocycles. The number of benzene rings is 7. The van der Waals surface area contributed by atoms with Crippen LogP contribution in [-0.4, -0.2) is 8.97 Å². The minimum Gasteiger partial charge on any atom is -0.309 e. The molecule has 4 aromatic heterocycles. The Morgan fingerprint density at radius 2 is 0.978 bits per heavy atom. The lowest BCUT2D eigenvalue weighted by atomic mass is 10.0. The van der Waals surface area contributed by atoms with Crippen molar-refractivity contribution < 1.29 is 0 Å². The van der Waals surface area contributed by atoms with E-state index in [-0.39, 0.29) is 0 Å². The van der Waals surface area contributed by atoms with E-state index in [0.717, 1.165) is 0 Å². The first-order chi connectivity index (χ1) is 22.3. The standard InChI is InChI=1S/C42H24N2S/c1-5-14-37-28(8-1)32-11-7-12-33-30-19-16-26(23-39(30)44(37)42(32)33)25-17-20-38-34(22-25)29-9-2-4-13-36(29)43(38)27-18-21-41-35(24-27)31-10-3-6-15-40(31)45-41/h1-24H. The molecule has 208 valence electrons. The minimum atomic E-state index is 1.20. The summed E-state index contributed by atoms with van der Waals surface area (Å²) >= 11 is 1.87. The fraction of sp³-hybridized carbons (Fsp3) is 0. The van der Waals surface area contributed by atoms with Crippen molar-refractivity contribution in [3.63, 3.8) is 0 Å². The second-order valence-corrected chi connectivity index (χ2v) is 13.2. The maximum atomic E-state index is 2.47. The van der Waals surface area contributed by atoms with Gasteiger partial charge in [0, 0.05) is 58.2 Å². The number of para-hydroxylation sites is 3. The Morgan fingerprint density at radius 3 is 1.84 bits per heavy atom. The second-order valence-electron chi connectivity index (χ2n) is 12.1. The van der Waals surface area contributed by atoms with Crippen molar-refractivity contribution in [2.45, 2.75) is 0 Å². The Kier molecular flexibility index (Phi) is 4.49. The Bertz CT molecular complexity index is 2990. The Morgan fingerprint density at radius 1 is 0.356 bits per heavy atom. The molecule has 0 amide bonds. The highest BCUT2D eigenvalue weighted by atomic mass is 32.1. The summed E-state index contributed by atoms with van der Waals surface area (Å²) in [5.74, 6) is 0. The molecule has 0 saturated heterocycles. The number of fused-ring (bicyclic) bond motifs is 12. The molecular weight excluding hydrogens is 565 g/mol. The summed E-state index contributed by atoms with van der Waals surface area (Å²) in [4.78, 5) is 0. The largest absolute Gasteiger partial charge is 0.309 e. The summed E-state index contributed by atoms with van der Waals surface area (Å²) in [6.07, 6.45) is 0. The van der Waals surface area contributed by atoms with Crippen molar-refractivity contribution >= 4 is 91.4 Å². The van der Waals surface area contributed by atoms with Gasteiger partial charge in [0.2, 0.25) is 0 Å². The van der Waals surface area contributed by atoms with Crippen LogP contribution in [0.4, 0.5) is 0 Å². The van der Waals surface area contributed by atoms with Crippen molar-refractivity contribution in [3.8, 4) is 16.8 Å². The molecule has 0 aliphatic heterocycles.